The topological polar surface area (TPSA) is 112 Å². The van der Waals surface area contributed by atoms with Crippen molar-refractivity contribution < 1.29 is 22.1 Å². The third-order valence-electron chi connectivity index (χ3n) is 5.09. The van der Waals surface area contributed by atoms with Crippen LogP contribution in [0.25, 0.3) is 11.3 Å². The average Bonchev–Trinajstić information content (AvgIpc) is 3.35. The van der Waals surface area contributed by atoms with Crippen LogP contribution in [-0.4, -0.2) is 65.1 Å². The Morgan fingerprint density at radius 2 is 1.80 bits per heavy atom. The van der Waals surface area contributed by atoms with Gasteiger partial charge in [0.05, 0.1) is 17.5 Å². The van der Waals surface area contributed by atoms with E-state index in [4.69, 9.17) is 4.52 Å². The van der Waals surface area contributed by atoms with Gasteiger partial charge >= 0.3 is 0 Å². The first-order valence-corrected chi connectivity index (χ1v) is 10.7. The molecule has 11 heteroatoms. The Morgan fingerprint density at radius 1 is 1.13 bits per heavy atom. The predicted octanol–water partition coefficient (Wildman–Crippen LogP) is 1.97. The standard InChI is InChI=1S/C19H20FN5O4S/c1-12-18(13(2)29-23-12)30(27,28)25-9-7-24(8-10-25)19(26)16-11-21-22-17(16)14-3-5-15(20)6-4-14/h3-6,11H,7-10H2,1-2H3,(H,21,22). The number of carbonyl (C=O) groups excluding carboxylic acids is 1. The molecule has 0 spiro atoms. The largest absolute Gasteiger partial charge is 0.360 e. The zero-order chi connectivity index (χ0) is 21.5. The highest BCUT2D eigenvalue weighted by atomic mass is 32.2. The quantitative estimate of drug-likeness (QED) is 0.673. The number of nitrogens with zero attached hydrogens (tertiary/aromatic N) is 4. The molecule has 0 atom stereocenters. The van der Waals surface area contributed by atoms with Crippen molar-refractivity contribution in [3.8, 4) is 11.3 Å². The summed E-state index contributed by atoms with van der Waals surface area (Å²) in [6.45, 7) is 3.91. The van der Waals surface area contributed by atoms with Crippen molar-refractivity contribution in [3.63, 3.8) is 0 Å². The molecule has 3 heterocycles. The Bertz CT molecular complexity index is 1160. The van der Waals surface area contributed by atoms with Crippen LogP contribution in [0.2, 0.25) is 0 Å². The van der Waals surface area contributed by atoms with Crippen LogP contribution in [0.1, 0.15) is 21.8 Å². The summed E-state index contributed by atoms with van der Waals surface area (Å²) in [5.74, 6) is -0.396. The molecular weight excluding hydrogens is 413 g/mol. The number of hydrogen-bond acceptors (Lipinski definition) is 6. The van der Waals surface area contributed by atoms with Crippen molar-refractivity contribution in [1.82, 2.24) is 24.6 Å². The number of amides is 1. The predicted molar refractivity (Wildman–Crippen MR) is 105 cm³/mol. The van der Waals surface area contributed by atoms with Gasteiger partial charge in [-0.3, -0.25) is 9.89 Å². The molecule has 1 amide bonds. The van der Waals surface area contributed by atoms with Gasteiger partial charge in [-0.1, -0.05) is 5.16 Å². The molecule has 1 fully saturated rings. The fraction of sp³-hybridized carbons (Fsp3) is 0.316. The second kappa shape index (κ2) is 7.65. The van der Waals surface area contributed by atoms with Gasteiger partial charge in [-0.15, -0.1) is 0 Å². The summed E-state index contributed by atoms with van der Waals surface area (Å²) in [4.78, 5) is 14.7. The number of piperazine rings is 1. The van der Waals surface area contributed by atoms with E-state index in [0.717, 1.165) is 0 Å². The van der Waals surface area contributed by atoms with E-state index in [2.05, 4.69) is 15.4 Å². The number of hydrogen-bond donors (Lipinski definition) is 1. The molecule has 2 aromatic heterocycles. The summed E-state index contributed by atoms with van der Waals surface area (Å²) in [6.07, 6.45) is 1.42. The first-order valence-electron chi connectivity index (χ1n) is 9.30. The fourth-order valence-corrected chi connectivity index (χ4v) is 5.27. The molecule has 0 radical (unpaired) electrons. The summed E-state index contributed by atoms with van der Waals surface area (Å²) >= 11 is 0. The number of aryl methyl sites for hydroxylation is 2. The van der Waals surface area contributed by atoms with Gasteiger partial charge in [-0.2, -0.15) is 9.40 Å². The SMILES string of the molecule is Cc1noc(C)c1S(=O)(=O)N1CCN(C(=O)c2cn[nH]c2-c2ccc(F)cc2)CC1. The monoisotopic (exact) mass is 433 g/mol. The number of H-pyrrole nitrogens is 1. The number of halogens is 1. The van der Waals surface area contributed by atoms with E-state index in [1.165, 1.54) is 22.6 Å². The van der Waals surface area contributed by atoms with Crippen LogP contribution in [0.5, 0.6) is 0 Å². The highest BCUT2D eigenvalue weighted by Crippen LogP contribution is 2.26. The Kier molecular flexibility index (Phi) is 5.16. The lowest BCUT2D eigenvalue weighted by atomic mass is 10.1. The Morgan fingerprint density at radius 3 is 2.40 bits per heavy atom. The molecule has 1 aliphatic heterocycles. The van der Waals surface area contributed by atoms with Crippen LogP contribution in [-0.2, 0) is 10.0 Å². The molecule has 9 nitrogen and oxygen atoms in total. The molecule has 1 aliphatic rings. The van der Waals surface area contributed by atoms with Crippen LogP contribution in [0.3, 0.4) is 0 Å². The minimum absolute atomic E-state index is 0.0794. The van der Waals surface area contributed by atoms with Crippen molar-refractivity contribution in [2.75, 3.05) is 26.2 Å². The van der Waals surface area contributed by atoms with Crippen LogP contribution < -0.4 is 0 Å². The maximum atomic E-state index is 13.2. The van der Waals surface area contributed by atoms with Crippen molar-refractivity contribution >= 4 is 15.9 Å². The molecule has 0 unspecified atom stereocenters. The molecule has 4 rings (SSSR count). The van der Waals surface area contributed by atoms with Gasteiger partial charge in [0.25, 0.3) is 5.91 Å². The summed E-state index contributed by atoms with van der Waals surface area (Å²) in [5.41, 5.74) is 1.79. The van der Waals surface area contributed by atoms with Crippen molar-refractivity contribution in [2.24, 2.45) is 0 Å². The number of rotatable bonds is 4. The van der Waals surface area contributed by atoms with Gasteiger partial charge in [0.1, 0.15) is 16.4 Å². The van der Waals surface area contributed by atoms with Gasteiger partial charge in [-0.05, 0) is 38.1 Å². The van der Waals surface area contributed by atoms with E-state index in [1.807, 2.05) is 0 Å². The number of nitrogens with one attached hydrogen (secondary N) is 1. The Labute approximate surface area is 172 Å². The first-order chi connectivity index (χ1) is 14.3. The maximum absolute atomic E-state index is 13.2. The van der Waals surface area contributed by atoms with Crippen LogP contribution in [0.15, 0.2) is 39.9 Å². The van der Waals surface area contributed by atoms with E-state index >= 15 is 0 Å². The highest BCUT2D eigenvalue weighted by molar-refractivity contribution is 7.89. The van der Waals surface area contributed by atoms with Gasteiger partial charge in [0.15, 0.2) is 5.76 Å². The van der Waals surface area contributed by atoms with Crippen molar-refractivity contribution in [1.29, 1.82) is 0 Å². The number of carbonyl (C=O) groups is 1. The van der Waals surface area contributed by atoms with Gasteiger partial charge in [0.2, 0.25) is 10.0 Å². The molecular formula is C19H20FN5O4S. The lowest BCUT2D eigenvalue weighted by molar-refractivity contribution is 0.0698. The van der Waals surface area contributed by atoms with Crippen molar-refractivity contribution in [2.45, 2.75) is 18.7 Å². The first kappa shape index (κ1) is 20.2. The zero-order valence-corrected chi connectivity index (χ0v) is 17.2. The summed E-state index contributed by atoms with van der Waals surface area (Å²) in [5, 5.41) is 10.5. The van der Waals surface area contributed by atoms with Gasteiger partial charge in [0, 0.05) is 31.7 Å². The maximum Gasteiger partial charge on any atom is 0.257 e. The molecule has 3 aromatic rings. The third-order valence-corrected chi connectivity index (χ3v) is 7.24. The molecule has 1 aromatic carbocycles. The second-order valence-corrected chi connectivity index (χ2v) is 8.89. The number of benzene rings is 1. The van der Waals surface area contributed by atoms with Crippen molar-refractivity contribution in [3.05, 3.63) is 53.3 Å². The zero-order valence-electron chi connectivity index (χ0n) is 16.4. The summed E-state index contributed by atoms with van der Waals surface area (Å²) < 4.78 is 45.4. The molecule has 0 saturated carbocycles. The molecule has 0 bridgehead atoms. The van der Waals surface area contributed by atoms with E-state index in [9.17, 15) is 17.6 Å². The van der Waals surface area contributed by atoms with Crippen LogP contribution >= 0.6 is 0 Å². The van der Waals surface area contributed by atoms with E-state index in [0.29, 0.717) is 22.5 Å². The molecule has 1 saturated heterocycles. The van der Waals surface area contributed by atoms with E-state index in [1.54, 1.807) is 30.9 Å². The number of aromatic amines is 1. The molecule has 0 aliphatic carbocycles. The molecule has 30 heavy (non-hydrogen) atoms. The number of aromatic nitrogens is 3. The summed E-state index contributed by atoms with van der Waals surface area (Å²) in [7, 11) is -3.75. The van der Waals surface area contributed by atoms with Gasteiger partial charge < -0.3 is 9.42 Å². The van der Waals surface area contributed by atoms with E-state index < -0.39 is 10.0 Å². The second-order valence-electron chi connectivity index (χ2n) is 7.02. The Hall–Kier alpha value is -3.05. The van der Waals surface area contributed by atoms with Crippen LogP contribution in [0.4, 0.5) is 4.39 Å². The van der Waals surface area contributed by atoms with Gasteiger partial charge in [-0.25, -0.2) is 12.8 Å². The normalized spacial score (nSPS) is 15.5. The fourth-order valence-electron chi connectivity index (χ4n) is 3.56. The lowest BCUT2D eigenvalue weighted by Gasteiger charge is -2.33. The highest BCUT2D eigenvalue weighted by Gasteiger charge is 2.35. The Balaban J connectivity index is 1.50. The minimum atomic E-state index is -3.75. The summed E-state index contributed by atoms with van der Waals surface area (Å²) in [6, 6.07) is 5.74. The molecule has 1 N–H and O–H groups in total. The molecule has 158 valence electrons. The number of sulfonamides is 1. The lowest BCUT2D eigenvalue weighted by Crippen LogP contribution is -2.50. The van der Waals surface area contributed by atoms with Crippen LogP contribution in [0, 0.1) is 19.7 Å². The average molecular weight is 433 g/mol. The minimum Gasteiger partial charge on any atom is -0.360 e. The third kappa shape index (κ3) is 3.50. The smallest absolute Gasteiger partial charge is 0.257 e. The van der Waals surface area contributed by atoms with E-state index in [-0.39, 0.29) is 48.6 Å².